The maximum absolute atomic E-state index is 12.6. The van der Waals surface area contributed by atoms with Crippen LogP contribution in [0, 0.1) is 0 Å². The average molecular weight is 343 g/mol. The predicted molar refractivity (Wildman–Crippen MR) is 85.5 cm³/mol. The van der Waals surface area contributed by atoms with E-state index < -0.39 is 10.0 Å². The van der Waals surface area contributed by atoms with Gasteiger partial charge in [-0.1, -0.05) is 17.7 Å². The Balaban J connectivity index is 1.64. The number of benzene rings is 1. The number of rotatable bonds is 3. The number of piperazine rings is 1. The van der Waals surface area contributed by atoms with Crippen LogP contribution in [0.1, 0.15) is 24.0 Å². The van der Waals surface area contributed by atoms with Gasteiger partial charge < -0.3 is 4.90 Å². The molecule has 120 valence electrons. The zero-order chi connectivity index (χ0) is 15.9. The van der Waals surface area contributed by atoms with Crippen molar-refractivity contribution in [2.75, 3.05) is 31.9 Å². The van der Waals surface area contributed by atoms with Gasteiger partial charge in [0, 0.05) is 31.2 Å². The Morgan fingerprint density at radius 2 is 1.95 bits per heavy atom. The first kappa shape index (κ1) is 15.8. The van der Waals surface area contributed by atoms with Crippen molar-refractivity contribution < 1.29 is 13.2 Å². The molecule has 1 unspecified atom stereocenters. The fraction of sp³-hybridized carbons (Fsp3) is 0.533. The Morgan fingerprint density at radius 1 is 1.27 bits per heavy atom. The van der Waals surface area contributed by atoms with E-state index in [1.165, 1.54) is 9.87 Å². The van der Waals surface area contributed by atoms with E-state index in [9.17, 15) is 13.2 Å². The Hall–Kier alpha value is -1.11. The van der Waals surface area contributed by atoms with Crippen molar-refractivity contribution in [3.05, 3.63) is 34.3 Å². The number of hydrogen-bond donors (Lipinski definition) is 0. The maximum Gasteiger partial charge on any atom is 0.230 e. The fourth-order valence-electron chi connectivity index (χ4n) is 3.08. The second kappa shape index (κ2) is 5.83. The summed E-state index contributed by atoms with van der Waals surface area (Å²) in [7, 11) is -3.16. The highest BCUT2D eigenvalue weighted by molar-refractivity contribution is 7.89. The molecule has 1 aliphatic heterocycles. The molecule has 1 amide bonds. The van der Waals surface area contributed by atoms with Crippen LogP contribution in [-0.2, 0) is 21.2 Å². The topological polar surface area (TPSA) is 57.7 Å². The van der Waals surface area contributed by atoms with Crippen LogP contribution < -0.4 is 0 Å². The summed E-state index contributed by atoms with van der Waals surface area (Å²) in [5, 5.41) is 0.648. The van der Waals surface area contributed by atoms with Crippen LogP contribution in [0.3, 0.4) is 0 Å². The standard InChI is InChI=1S/C15H19ClN2O3S/c1-2-22(20,21)18-7-5-17(6-8-18)15(19)14-9-11-3-4-12(16)10-13(11)14/h3-4,10,14H,2,5-9H2,1H3. The summed E-state index contributed by atoms with van der Waals surface area (Å²) in [6.07, 6.45) is 0.749. The molecule has 3 rings (SSSR count). The number of sulfonamides is 1. The quantitative estimate of drug-likeness (QED) is 0.836. The van der Waals surface area contributed by atoms with Gasteiger partial charge in [0.05, 0.1) is 11.7 Å². The molecule has 1 fully saturated rings. The van der Waals surface area contributed by atoms with E-state index in [1.54, 1.807) is 11.8 Å². The Kier molecular flexibility index (Phi) is 4.18. The van der Waals surface area contributed by atoms with Gasteiger partial charge in [-0.15, -0.1) is 0 Å². The first-order valence-corrected chi connectivity index (χ1v) is 9.46. The molecule has 2 aliphatic rings. The molecule has 1 atom stereocenters. The number of hydrogen-bond acceptors (Lipinski definition) is 3. The molecule has 1 aliphatic carbocycles. The van der Waals surface area contributed by atoms with Gasteiger partial charge in [-0.25, -0.2) is 8.42 Å². The second-order valence-corrected chi connectivity index (χ2v) is 8.42. The van der Waals surface area contributed by atoms with Crippen LogP contribution in [0.2, 0.25) is 5.02 Å². The van der Waals surface area contributed by atoms with E-state index in [0.29, 0.717) is 31.2 Å². The van der Waals surface area contributed by atoms with Crippen molar-refractivity contribution in [2.24, 2.45) is 0 Å². The molecule has 0 aromatic heterocycles. The highest BCUT2D eigenvalue weighted by atomic mass is 35.5. The zero-order valence-electron chi connectivity index (χ0n) is 12.5. The molecule has 1 aromatic carbocycles. The van der Waals surface area contributed by atoms with E-state index in [0.717, 1.165) is 12.0 Å². The third-order valence-corrected chi connectivity index (χ3v) is 6.63. The Bertz CT molecular complexity index is 697. The zero-order valence-corrected chi connectivity index (χ0v) is 14.0. The SMILES string of the molecule is CCS(=O)(=O)N1CCN(C(=O)C2Cc3ccc(Cl)cc32)CC1. The fourth-order valence-corrected chi connectivity index (χ4v) is 4.35. The lowest BCUT2D eigenvalue weighted by Gasteiger charge is -2.38. The van der Waals surface area contributed by atoms with Gasteiger partial charge in [0.25, 0.3) is 0 Å². The molecule has 5 nitrogen and oxygen atoms in total. The van der Waals surface area contributed by atoms with Crippen LogP contribution in [0.4, 0.5) is 0 Å². The van der Waals surface area contributed by atoms with Crippen LogP contribution in [0.5, 0.6) is 0 Å². The summed E-state index contributed by atoms with van der Waals surface area (Å²) in [4.78, 5) is 14.4. The molecule has 0 radical (unpaired) electrons. The molecular formula is C15H19ClN2O3S. The molecule has 0 saturated carbocycles. The first-order chi connectivity index (χ1) is 10.4. The number of nitrogens with zero attached hydrogens (tertiary/aromatic N) is 2. The van der Waals surface area contributed by atoms with Gasteiger partial charge in [0.2, 0.25) is 15.9 Å². The van der Waals surface area contributed by atoms with Crippen molar-refractivity contribution in [3.63, 3.8) is 0 Å². The Morgan fingerprint density at radius 3 is 2.59 bits per heavy atom. The van der Waals surface area contributed by atoms with E-state index in [1.807, 2.05) is 18.2 Å². The van der Waals surface area contributed by atoms with Gasteiger partial charge in [-0.3, -0.25) is 4.79 Å². The number of carbonyl (C=O) groups is 1. The van der Waals surface area contributed by atoms with Gasteiger partial charge in [0.1, 0.15) is 0 Å². The number of carbonyl (C=O) groups excluding carboxylic acids is 1. The minimum absolute atomic E-state index is 0.0864. The van der Waals surface area contributed by atoms with Crippen LogP contribution >= 0.6 is 11.6 Å². The highest BCUT2D eigenvalue weighted by Crippen LogP contribution is 2.38. The largest absolute Gasteiger partial charge is 0.340 e. The third kappa shape index (κ3) is 2.75. The van der Waals surface area contributed by atoms with Gasteiger partial charge in [0.15, 0.2) is 0 Å². The van der Waals surface area contributed by atoms with E-state index in [2.05, 4.69) is 0 Å². The van der Waals surface area contributed by atoms with Gasteiger partial charge in [-0.2, -0.15) is 4.31 Å². The lowest BCUT2D eigenvalue weighted by atomic mass is 9.76. The minimum Gasteiger partial charge on any atom is -0.340 e. The minimum atomic E-state index is -3.16. The summed E-state index contributed by atoms with van der Waals surface area (Å²) in [6, 6.07) is 5.67. The first-order valence-electron chi connectivity index (χ1n) is 7.47. The number of fused-ring (bicyclic) bond motifs is 1. The van der Waals surface area contributed by atoms with Crippen molar-refractivity contribution in [2.45, 2.75) is 19.3 Å². The van der Waals surface area contributed by atoms with Crippen molar-refractivity contribution >= 4 is 27.5 Å². The van der Waals surface area contributed by atoms with Gasteiger partial charge >= 0.3 is 0 Å². The van der Waals surface area contributed by atoms with Crippen molar-refractivity contribution in [1.82, 2.24) is 9.21 Å². The summed E-state index contributed by atoms with van der Waals surface area (Å²) in [6.45, 7) is 3.34. The van der Waals surface area contributed by atoms with E-state index in [4.69, 9.17) is 11.6 Å². The molecule has 0 spiro atoms. The lowest BCUT2D eigenvalue weighted by molar-refractivity contribution is -0.134. The average Bonchev–Trinajstić information content (AvgIpc) is 2.50. The number of halogens is 1. The van der Waals surface area contributed by atoms with Crippen LogP contribution in [0.25, 0.3) is 0 Å². The predicted octanol–water partition coefficient (Wildman–Crippen LogP) is 1.47. The molecule has 1 aromatic rings. The third-order valence-electron chi connectivity index (χ3n) is 4.51. The van der Waals surface area contributed by atoms with Crippen LogP contribution in [-0.4, -0.2) is 55.5 Å². The van der Waals surface area contributed by atoms with Crippen LogP contribution in [0.15, 0.2) is 18.2 Å². The maximum atomic E-state index is 12.6. The second-order valence-electron chi connectivity index (χ2n) is 5.72. The summed E-state index contributed by atoms with van der Waals surface area (Å²) in [5.74, 6) is 0.0708. The molecule has 7 heteroatoms. The molecule has 22 heavy (non-hydrogen) atoms. The Labute approximate surface area is 135 Å². The monoisotopic (exact) mass is 342 g/mol. The van der Waals surface area contributed by atoms with Crippen molar-refractivity contribution in [1.29, 1.82) is 0 Å². The number of amides is 1. The molecule has 0 N–H and O–H groups in total. The smallest absolute Gasteiger partial charge is 0.230 e. The summed E-state index contributed by atoms with van der Waals surface area (Å²) >= 11 is 5.99. The lowest BCUT2D eigenvalue weighted by Crippen LogP contribution is -2.52. The normalized spacial score (nSPS) is 22.1. The summed E-state index contributed by atoms with van der Waals surface area (Å²) < 4.78 is 25.2. The summed E-state index contributed by atoms with van der Waals surface area (Å²) in [5.41, 5.74) is 2.19. The van der Waals surface area contributed by atoms with Gasteiger partial charge in [-0.05, 0) is 36.6 Å². The molecule has 1 heterocycles. The van der Waals surface area contributed by atoms with Crippen molar-refractivity contribution in [3.8, 4) is 0 Å². The molecular weight excluding hydrogens is 324 g/mol. The molecule has 1 saturated heterocycles. The highest BCUT2D eigenvalue weighted by Gasteiger charge is 2.37. The van der Waals surface area contributed by atoms with E-state index >= 15 is 0 Å². The molecule has 0 bridgehead atoms. The van der Waals surface area contributed by atoms with E-state index in [-0.39, 0.29) is 17.6 Å².